The number of rotatable bonds is 2. The second-order valence-electron chi connectivity index (χ2n) is 2.20. The minimum atomic E-state index is 0.606. The third-order valence-electron chi connectivity index (χ3n) is 1.23. The maximum atomic E-state index is 5.58. The Balaban J connectivity index is 0.000000252. The lowest BCUT2D eigenvalue weighted by atomic mass is 10.4. The van der Waals surface area contributed by atoms with Crippen LogP contribution in [0.3, 0.4) is 0 Å². The van der Waals surface area contributed by atoms with Gasteiger partial charge in [0.05, 0.1) is 10.0 Å². The standard InChI is InChI=1S/C6H4Cl2.C4H10O/c7-5-3-1-2-4-6(5)8;1-3-5-4-2/h1-4H;3-4H2,1-2H3. The average molecular weight is 221 g/mol. The summed E-state index contributed by atoms with van der Waals surface area (Å²) < 4.78 is 4.83. The van der Waals surface area contributed by atoms with E-state index in [1.807, 2.05) is 26.0 Å². The summed E-state index contributed by atoms with van der Waals surface area (Å²) in [5.74, 6) is 0. The fraction of sp³-hybridized carbons (Fsp3) is 0.400. The number of hydrogen-bond donors (Lipinski definition) is 0. The van der Waals surface area contributed by atoms with Gasteiger partial charge in [0.15, 0.2) is 0 Å². The molecule has 0 heterocycles. The highest BCUT2D eigenvalue weighted by Gasteiger charge is 1.89. The topological polar surface area (TPSA) is 9.23 Å². The first-order valence-electron chi connectivity index (χ1n) is 4.20. The average Bonchev–Trinajstić information content (AvgIpc) is 2.13. The smallest absolute Gasteiger partial charge is 0.0592 e. The van der Waals surface area contributed by atoms with Crippen LogP contribution in [-0.4, -0.2) is 13.2 Å². The molecule has 0 saturated carbocycles. The van der Waals surface area contributed by atoms with E-state index in [0.717, 1.165) is 13.2 Å². The van der Waals surface area contributed by atoms with E-state index in [2.05, 4.69) is 0 Å². The summed E-state index contributed by atoms with van der Waals surface area (Å²) in [5.41, 5.74) is 0. The molecule has 13 heavy (non-hydrogen) atoms. The number of benzene rings is 1. The molecule has 0 aliphatic carbocycles. The molecule has 0 fully saturated rings. The van der Waals surface area contributed by atoms with Crippen LogP contribution >= 0.6 is 23.2 Å². The van der Waals surface area contributed by atoms with E-state index in [9.17, 15) is 0 Å². The summed E-state index contributed by atoms with van der Waals surface area (Å²) in [7, 11) is 0. The molecular formula is C10H14Cl2O. The first-order valence-corrected chi connectivity index (χ1v) is 4.95. The first kappa shape index (κ1) is 12.8. The van der Waals surface area contributed by atoms with E-state index in [1.165, 1.54) is 0 Å². The molecule has 0 radical (unpaired) electrons. The summed E-state index contributed by atoms with van der Waals surface area (Å²) in [5, 5.41) is 1.21. The van der Waals surface area contributed by atoms with Crippen molar-refractivity contribution in [3.8, 4) is 0 Å². The fourth-order valence-corrected chi connectivity index (χ4v) is 0.915. The van der Waals surface area contributed by atoms with Gasteiger partial charge in [-0.15, -0.1) is 0 Å². The largest absolute Gasteiger partial charge is 0.382 e. The molecule has 0 bridgehead atoms. The second-order valence-corrected chi connectivity index (χ2v) is 3.01. The van der Waals surface area contributed by atoms with E-state index in [4.69, 9.17) is 27.9 Å². The van der Waals surface area contributed by atoms with Crippen molar-refractivity contribution in [3.63, 3.8) is 0 Å². The predicted octanol–water partition coefficient (Wildman–Crippen LogP) is 4.04. The molecule has 0 amide bonds. The van der Waals surface area contributed by atoms with Gasteiger partial charge in [-0.05, 0) is 26.0 Å². The normalized spacial score (nSPS) is 8.92. The second kappa shape index (κ2) is 8.36. The molecule has 0 unspecified atom stereocenters. The predicted molar refractivity (Wildman–Crippen MR) is 58.6 cm³/mol. The molecule has 1 aromatic carbocycles. The Morgan fingerprint density at radius 1 is 1.00 bits per heavy atom. The molecule has 1 nitrogen and oxygen atoms in total. The van der Waals surface area contributed by atoms with Crippen molar-refractivity contribution in [1.29, 1.82) is 0 Å². The third-order valence-corrected chi connectivity index (χ3v) is 1.99. The van der Waals surface area contributed by atoms with Crippen LogP contribution < -0.4 is 0 Å². The van der Waals surface area contributed by atoms with Crippen LogP contribution in [0.2, 0.25) is 10.0 Å². The van der Waals surface area contributed by atoms with Crippen molar-refractivity contribution in [3.05, 3.63) is 34.3 Å². The minimum absolute atomic E-state index is 0.606. The monoisotopic (exact) mass is 220 g/mol. The zero-order chi connectivity index (χ0) is 10.1. The Hall–Kier alpha value is -0.240. The van der Waals surface area contributed by atoms with Gasteiger partial charge in [0, 0.05) is 13.2 Å². The van der Waals surface area contributed by atoms with Gasteiger partial charge in [-0.1, -0.05) is 35.3 Å². The summed E-state index contributed by atoms with van der Waals surface area (Å²) in [4.78, 5) is 0. The van der Waals surface area contributed by atoms with Gasteiger partial charge in [0.1, 0.15) is 0 Å². The Bertz CT molecular complexity index is 203. The number of hydrogen-bond acceptors (Lipinski definition) is 1. The quantitative estimate of drug-likeness (QED) is 0.732. The maximum absolute atomic E-state index is 5.58. The van der Waals surface area contributed by atoms with Crippen molar-refractivity contribution in [2.24, 2.45) is 0 Å². The fourth-order valence-electron chi connectivity index (χ4n) is 0.643. The lowest BCUT2D eigenvalue weighted by molar-refractivity contribution is 0.162. The molecule has 0 saturated heterocycles. The number of halogens is 2. The molecule has 0 aliphatic heterocycles. The highest BCUT2D eigenvalue weighted by Crippen LogP contribution is 2.19. The minimum Gasteiger partial charge on any atom is -0.382 e. The van der Waals surface area contributed by atoms with Crippen LogP contribution in [0.15, 0.2) is 24.3 Å². The van der Waals surface area contributed by atoms with Crippen molar-refractivity contribution < 1.29 is 4.74 Å². The zero-order valence-electron chi connectivity index (χ0n) is 7.89. The van der Waals surface area contributed by atoms with Crippen LogP contribution in [0.5, 0.6) is 0 Å². The highest BCUT2D eigenvalue weighted by molar-refractivity contribution is 6.41. The van der Waals surface area contributed by atoms with Gasteiger partial charge in [0.25, 0.3) is 0 Å². The van der Waals surface area contributed by atoms with Crippen LogP contribution in [0.25, 0.3) is 0 Å². The molecule has 1 aromatic rings. The Labute approximate surface area is 89.6 Å². The Kier molecular flexibility index (Phi) is 8.21. The molecule has 0 spiro atoms. The summed E-state index contributed by atoms with van der Waals surface area (Å²) >= 11 is 11.2. The molecule has 0 atom stereocenters. The van der Waals surface area contributed by atoms with Gasteiger partial charge < -0.3 is 4.74 Å². The van der Waals surface area contributed by atoms with Gasteiger partial charge in [-0.2, -0.15) is 0 Å². The van der Waals surface area contributed by atoms with E-state index in [1.54, 1.807) is 12.1 Å². The van der Waals surface area contributed by atoms with Crippen LogP contribution in [0.1, 0.15) is 13.8 Å². The lowest BCUT2D eigenvalue weighted by Gasteiger charge is -1.88. The zero-order valence-corrected chi connectivity index (χ0v) is 9.40. The van der Waals surface area contributed by atoms with Crippen LogP contribution in [0, 0.1) is 0 Å². The van der Waals surface area contributed by atoms with Crippen molar-refractivity contribution in [1.82, 2.24) is 0 Å². The highest BCUT2D eigenvalue weighted by atomic mass is 35.5. The lowest BCUT2D eigenvalue weighted by Crippen LogP contribution is -1.84. The summed E-state index contributed by atoms with van der Waals surface area (Å²) in [6.07, 6.45) is 0. The summed E-state index contributed by atoms with van der Waals surface area (Å²) in [6.45, 7) is 5.67. The van der Waals surface area contributed by atoms with Crippen LogP contribution in [-0.2, 0) is 4.74 Å². The van der Waals surface area contributed by atoms with Crippen molar-refractivity contribution in [2.75, 3.05) is 13.2 Å². The van der Waals surface area contributed by atoms with Gasteiger partial charge in [-0.3, -0.25) is 0 Å². The molecule has 1 rings (SSSR count). The molecular weight excluding hydrogens is 207 g/mol. The molecule has 0 aliphatic rings. The van der Waals surface area contributed by atoms with Crippen molar-refractivity contribution >= 4 is 23.2 Å². The van der Waals surface area contributed by atoms with E-state index in [-0.39, 0.29) is 0 Å². The maximum Gasteiger partial charge on any atom is 0.0592 e. The van der Waals surface area contributed by atoms with Gasteiger partial charge in [-0.25, -0.2) is 0 Å². The Morgan fingerprint density at radius 2 is 1.38 bits per heavy atom. The first-order chi connectivity index (χ1) is 6.22. The SMILES string of the molecule is CCOCC.Clc1ccccc1Cl. The van der Waals surface area contributed by atoms with Crippen molar-refractivity contribution in [2.45, 2.75) is 13.8 Å². The Morgan fingerprint density at radius 3 is 1.54 bits per heavy atom. The van der Waals surface area contributed by atoms with E-state index >= 15 is 0 Å². The van der Waals surface area contributed by atoms with Gasteiger partial charge in [0.2, 0.25) is 0 Å². The summed E-state index contributed by atoms with van der Waals surface area (Å²) in [6, 6.07) is 7.19. The van der Waals surface area contributed by atoms with E-state index < -0.39 is 0 Å². The molecule has 0 N–H and O–H groups in total. The third kappa shape index (κ3) is 6.88. The molecule has 74 valence electrons. The van der Waals surface area contributed by atoms with Crippen LogP contribution in [0.4, 0.5) is 0 Å². The van der Waals surface area contributed by atoms with Gasteiger partial charge >= 0.3 is 0 Å². The van der Waals surface area contributed by atoms with E-state index in [0.29, 0.717) is 10.0 Å². The number of ether oxygens (including phenoxy) is 1. The molecule has 3 heteroatoms. The molecule has 0 aromatic heterocycles.